The van der Waals surface area contributed by atoms with E-state index in [-0.39, 0.29) is 23.4 Å². The van der Waals surface area contributed by atoms with Crippen molar-refractivity contribution in [2.45, 2.75) is 51.2 Å². The van der Waals surface area contributed by atoms with Gasteiger partial charge in [0.25, 0.3) is 0 Å². The topological polar surface area (TPSA) is 48.3 Å². The van der Waals surface area contributed by atoms with E-state index in [0.717, 1.165) is 35.9 Å². The summed E-state index contributed by atoms with van der Waals surface area (Å²) in [4.78, 5) is 23.9. The Morgan fingerprint density at radius 1 is 1.24 bits per heavy atom. The number of thiazole rings is 1. The van der Waals surface area contributed by atoms with Gasteiger partial charge in [0.15, 0.2) is 0 Å². The van der Waals surface area contributed by atoms with Gasteiger partial charge in [0.2, 0.25) is 0 Å². The summed E-state index contributed by atoms with van der Waals surface area (Å²) in [6.45, 7) is 0.397. The molecule has 1 aliphatic carbocycles. The number of fused-ring (bicyclic) bond motifs is 1. The minimum atomic E-state index is -0.191. The number of ether oxygens (including phenoxy) is 1. The summed E-state index contributed by atoms with van der Waals surface area (Å²) in [7, 11) is 0. The van der Waals surface area contributed by atoms with Crippen molar-refractivity contribution in [3.63, 3.8) is 0 Å². The Hall–Kier alpha value is -1.62. The van der Waals surface area contributed by atoms with Gasteiger partial charge in [0.05, 0.1) is 16.6 Å². The van der Waals surface area contributed by atoms with Crippen molar-refractivity contribution in [2.24, 2.45) is 0 Å². The van der Waals surface area contributed by atoms with Gasteiger partial charge < -0.3 is 4.74 Å². The van der Waals surface area contributed by atoms with Crippen LogP contribution in [0.5, 0.6) is 0 Å². The fourth-order valence-corrected chi connectivity index (χ4v) is 3.77. The molecular weight excluding hydrogens is 286 g/mol. The number of carbonyl (C=O) groups excluding carboxylic acids is 1. The average molecular weight is 305 g/mol. The van der Waals surface area contributed by atoms with Crippen molar-refractivity contribution in [2.75, 3.05) is 0 Å². The van der Waals surface area contributed by atoms with Gasteiger partial charge in [0.1, 0.15) is 6.10 Å². The van der Waals surface area contributed by atoms with E-state index in [1.807, 2.05) is 24.3 Å². The molecule has 0 spiro atoms. The Balaban J connectivity index is 1.62. The number of aryl methyl sites for hydroxylation is 1. The van der Waals surface area contributed by atoms with Crippen molar-refractivity contribution in [3.05, 3.63) is 33.9 Å². The lowest BCUT2D eigenvalue weighted by atomic mass is 9.98. The first-order chi connectivity index (χ1) is 10.2. The number of nitrogens with zero attached hydrogens (tertiary/aromatic N) is 1. The van der Waals surface area contributed by atoms with Crippen LogP contribution in [-0.2, 0) is 16.1 Å². The van der Waals surface area contributed by atoms with Crippen LogP contribution in [0.25, 0.3) is 10.2 Å². The third-order valence-corrected chi connectivity index (χ3v) is 4.92. The molecular formula is C16H19NO3S. The maximum absolute atomic E-state index is 12.0. The molecule has 0 radical (unpaired) electrons. The lowest BCUT2D eigenvalue weighted by Gasteiger charge is -2.21. The number of rotatable bonds is 4. The second-order valence-electron chi connectivity index (χ2n) is 5.49. The fraction of sp³-hybridized carbons (Fsp3) is 0.500. The average Bonchev–Trinajstić information content (AvgIpc) is 2.81. The Kier molecular flexibility index (Phi) is 4.39. The van der Waals surface area contributed by atoms with Crippen LogP contribution in [0, 0.1) is 0 Å². The molecule has 5 heteroatoms. The summed E-state index contributed by atoms with van der Waals surface area (Å²) in [6.07, 6.45) is 5.84. The van der Waals surface area contributed by atoms with Crippen LogP contribution in [0.4, 0.5) is 0 Å². The third kappa shape index (κ3) is 3.35. The van der Waals surface area contributed by atoms with Crippen LogP contribution in [0.1, 0.15) is 38.5 Å². The molecule has 0 aliphatic heterocycles. The molecule has 0 amide bonds. The van der Waals surface area contributed by atoms with Gasteiger partial charge in [-0.3, -0.25) is 14.2 Å². The van der Waals surface area contributed by atoms with Crippen LogP contribution in [0.3, 0.4) is 0 Å². The molecule has 1 aromatic carbocycles. The maximum Gasteiger partial charge on any atom is 0.308 e. The first kappa shape index (κ1) is 14.3. The largest absolute Gasteiger partial charge is 0.462 e. The Bertz CT molecular complexity index is 682. The van der Waals surface area contributed by atoms with Gasteiger partial charge in [0, 0.05) is 6.54 Å². The standard InChI is InChI=1S/C16H19NO3S/c18-15(20-12-6-2-1-3-7-12)10-11-17-13-8-4-5-9-14(13)21-16(17)19/h4-5,8-9,12H,1-3,6-7,10-11H2. The van der Waals surface area contributed by atoms with Crippen molar-refractivity contribution < 1.29 is 9.53 Å². The molecule has 0 saturated heterocycles. The van der Waals surface area contributed by atoms with Crippen molar-refractivity contribution in [3.8, 4) is 0 Å². The molecule has 0 unspecified atom stereocenters. The second-order valence-corrected chi connectivity index (χ2v) is 6.48. The monoisotopic (exact) mass is 305 g/mol. The molecule has 0 bridgehead atoms. The molecule has 1 aliphatic rings. The zero-order valence-corrected chi connectivity index (χ0v) is 12.7. The number of carbonyl (C=O) groups is 1. The summed E-state index contributed by atoms with van der Waals surface area (Å²) < 4.78 is 8.12. The molecule has 1 heterocycles. The minimum absolute atomic E-state index is 0.0123. The molecule has 112 valence electrons. The number of para-hydroxylation sites is 1. The van der Waals surface area contributed by atoms with E-state index < -0.39 is 0 Å². The molecule has 0 atom stereocenters. The van der Waals surface area contributed by atoms with E-state index in [2.05, 4.69) is 0 Å². The Labute approximate surface area is 127 Å². The van der Waals surface area contributed by atoms with Crippen LogP contribution in [0.15, 0.2) is 29.1 Å². The van der Waals surface area contributed by atoms with Gasteiger partial charge in [-0.2, -0.15) is 0 Å². The SMILES string of the molecule is O=C(CCn1c(=O)sc2ccccc21)OC1CCCCC1. The molecule has 2 aromatic rings. The normalized spacial score (nSPS) is 16.2. The number of benzene rings is 1. The highest BCUT2D eigenvalue weighted by Crippen LogP contribution is 2.21. The lowest BCUT2D eigenvalue weighted by molar-refractivity contribution is -0.150. The molecule has 1 saturated carbocycles. The first-order valence-electron chi connectivity index (χ1n) is 7.52. The van der Waals surface area contributed by atoms with E-state index >= 15 is 0 Å². The van der Waals surface area contributed by atoms with Crippen LogP contribution < -0.4 is 4.87 Å². The first-order valence-corrected chi connectivity index (χ1v) is 8.33. The minimum Gasteiger partial charge on any atom is -0.462 e. The van der Waals surface area contributed by atoms with Crippen LogP contribution in [0.2, 0.25) is 0 Å². The third-order valence-electron chi connectivity index (χ3n) is 3.96. The summed E-state index contributed by atoms with van der Waals surface area (Å²) >= 11 is 1.22. The van der Waals surface area contributed by atoms with Crippen LogP contribution in [-0.4, -0.2) is 16.6 Å². The number of aromatic nitrogens is 1. The molecule has 0 N–H and O–H groups in total. The Morgan fingerprint density at radius 2 is 2.00 bits per heavy atom. The molecule has 3 rings (SSSR count). The van der Waals surface area contributed by atoms with Crippen molar-refractivity contribution in [1.29, 1.82) is 0 Å². The molecule has 21 heavy (non-hydrogen) atoms. The van der Waals surface area contributed by atoms with E-state index in [4.69, 9.17) is 4.74 Å². The van der Waals surface area contributed by atoms with E-state index in [0.29, 0.717) is 6.54 Å². The van der Waals surface area contributed by atoms with E-state index in [9.17, 15) is 9.59 Å². The zero-order valence-electron chi connectivity index (χ0n) is 11.9. The van der Waals surface area contributed by atoms with Crippen LogP contribution >= 0.6 is 11.3 Å². The van der Waals surface area contributed by atoms with Gasteiger partial charge in [-0.25, -0.2) is 0 Å². The molecule has 1 fully saturated rings. The lowest BCUT2D eigenvalue weighted by Crippen LogP contribution is -2.23. The van der Waals surface area contributed by atoms with Gasteiger partial charge in [-0.1, -0.05) is 29.9 Å². The molecule has 1 aromatic heterocycles. The van der Waals surface area contributed by atoms with Crippen molar-refractivity contribution in [1.82, 2.24) is 4.57 Å². The quantitative estimate of drug-likeness (QED) is 0.814. The highest BCUT2D eigenvalue weighted by atomic mass is 32.1. The summed E-state index contributed by atoms with van der Waals surface area (Å²) in [5.74, 6) is -0.191. The molecule has 4 nitrogen and oxygen atoms in total. The second kappa shape index (κ2) is 6.43. The highest BCUT2D eigenvalue weighted by molar-refractivity contribution is 7.16. The summed E-state index contributed by atoms with van der Waals surface area (Å²) in [6, 6.07) is 7.67. The Morgan fingerprint density at radius 3 is 2.81 bits per heavy atom. The zero-order chi connectivity index (χ0) is 14.7. The van der Waals surface area contributed by atoms with Crippen molar-refractivity contribution >= 4 is 27.5 Å². The van der Waals surface area contributed by atoms with E-state index in [1.165, 1.54) is 17.8 Å². The van der Waals surface area contributed by atoms with Gasteiger partial charge in [-0.05, 0) is 37.8 Å². The number of esters is 1. The van der Waals surface area contributed by atoms with E-state index in [1.54, 1.807) is 4.57 Å². The maximum atomic E-state index is 12.0. The van der Waals surface area contributed by atoms with Gasteiger partial charge in [-0.15, -0.1) is 0 Å². The van der Waals surface area contributed by atoms with Gasteiger partial charge >= 0.3 is 10.8 Å². The number of hydrogen-bond donors (Lipinski definition) is 0. The predicted octanol–water partition coefficient (Wildman–Crippen LogP) is 3.33. The smallest absolute Gasteiger partial charge is 0.308 e. The highest BCUT2D eigenvalue weighted by Gasteiger charge is 2.18. The summed E-state index contributed by atoms with van der Waals surface area (Å²) in [5, 5.41) is 0. The number of hydrogen-bond acceptors (Lipinski definition) is 4. The summed E-state index contributed by atoms with van der Waals surface area (Å²) in [5.41, 5.74) is 0.901. The predicted molar refractivity (Wildman–Crippen MR) is 83.7 cm³/mol. The fourth-order valence-electron chi connectivity index (χ4n) is 2.86.